The van der Waals surface area contributed by atoms with Gasteiger partial charge in [0.25, 0.3) is 0 Å². The highest BCUT2D eigenvalue weighted by Crippen LogP contribution is 2.46. The Balaban J connectivity index is 1.73. The molecule has 0 aromatic carbocycles. The zero-order valence-electron chi connectivity index (χ0n) is 9.65. The maximum Gasteiger partial charge on any atom is 0.330 e. The van der Waals surface area contributed by atoms with Crippen molar-refractivity contribution in [2.45, 2.75) is 32.1 Å². The fourth-order valence-electron chi connectivity index (χ4n) is 2.55. The van der Waals surface area contributed by atoms with Gasteiger partial charge in [-0.3, -0.25) is 4.79 Å². The number of carbonyl (C=O) groups excluding carboxylic acids is 2. The van der Waals surface area contributed by atoms with Gasteiger partial charge in [-0.05, 0) is 37.5 Å². The number of hydrogen-bond donors (Lipinski definition) is 0. The second-order valence-electron chi connectivity index (χ2n) is 4.83. The van der Waals surface area contributed by atoms with Crippen molar-refractivity contribution < 1.29 is 14.3 Å². The summed E-state index contributed by atoms with van der Waals surface area (Å²) in [6, 6.07) is 0. The van der Waals surface area contributed by atoms with E-state index in [4.69, 9.17) is 0 Å². The summed E-state index contributed by atoms with van der Waals surface area (Å²) < 4.78 is 4.53. The lowest BCUT2D eigenvalue weighted by atomic mass is 9.99. The summed E-state index contributed by atoms with van der Waals surface area (Å²) in [5, 5.41) is 0. The van der Waals surface area contributed by atoms with Crippen molar-refractivity contribution >= 4 is 11.8 Å². The quantitative estimate of drug-likeness (QED) is 0.540. The van der Waals surface area contributed by atoms with Crippen LogP contribution in [0.25, 0.3) is 0 Å². The van der Waals surface area contributed by atoms with Crippen molar-refractivity contribution in [3.8, 4) is 0 Å². The van der Waals surface area contributed by atoms with Crippen molar-refractivity contribution in [2.24, 2.45) is 17.8 Å². The van der Waals surface area contributed by atoms with Gasteiger partial charge in [0.15, 0.2) is 0 Å². The van der Waals surface area contributed by atoms with Crippen LogP contribution in [0.1, 0.15) is 32.1 Å². The summed E-state index contributed by atoms with van der Waals surface area (Å²) in [5.74, 6) is 1.58. The number of ketones is 1. The first kappa shape index (κ1) is 11.4. The smallest absolute Gasteiger partial charge is 0.330 e. The molecule has 0 aromatic rings. The van der Waals surface area contributed by atoms with Gasteiger partial charge in [0, 0.05) is 18.4 Å². The molecule has 88 valence electrons. The van der Waals surface area contributed by atoms with E-state index in [1.165, 1.54) is 13.2 Å². The van der Waals surface area contributed by atoms with Crippen molar-refractivity contribution in [3.63, 3.8) is 0 Å². The van der Waals surface area contributed by atoms with E-state index in [2.05, 4.69) is 4.74 Å². The second-order valence-corrected chi connectivity index (χ2v) is 4.83. The number of carbonyl (C=O) groups is 2. The maximum atomic E-state index is 11.5. The first-order valence-electron chi connectivity index (χ1n) is 5.99. The summed E-state index contributed by atoms with van der Waals surface area (Å²) >= 11 is 0. The number of hydrogen-bond acceptors (Lipinski definition) is 3. The predicted octanol–water partition coefficient (Wildman–Crippen LogP) is 2.11. The van der Waals surface area contributed by atoms with E-state index in [0.717, 1.165) is 32.1 Å². The Labute approximate surface area is 95.9 Å². The zero-order chi connectivity index (χ0) is 11.5. The second kappa shape index (κ2) is 4.81. The fraction of sp³-hybridized carbons (Fsp3) is 0.692. The van der Waals surface area contributed by atoms with Crippen LogP contribution >= 0.6 is 0 Å². The highest BCUT2D eigenvalue weighted by Gasteiger charge is 2.39. The fourth-order valence-corrected chi connectivity index (χ4v) is 2.55. The largest absolute Gasteiger partial charge is 0.466 e. The third-order valence-corrected chi connectivity index (χ3v) is 3.68. The van der Waals surface area contributed by atoms with Crippen LogP contribution in [0.2, 0.25) is 0 Å². The van der Waals surface area contributed by atoms with E-state index in [-0.39, 0.29) is 5.97 Å². The first-order valence-corrected chi connectivity index (χ1v) is 5.99. The van der Waals surface area contributed by atoms with Crippen LogP contribution in [-0.2, 0) is 14.3 Å². The minimum absolute atomic E-state index is 0.289. The predicted molar refractivity (Wildman–Crippen MR) is 59.7 cm³/mol. The Kier molecular flexibility index (Phi) is 3.42. The molecule has 16 heavy (non-hydrogen) atoms. The van der Waals surface area contributed by atoms with Gasteiger partial charge in [0.1, 0.15) is 5.78 Å². The lowest BCUT2D eigenvalue weighted by molar-refractivity contribution is -0.134. The average Bonchev–Trinajstić information content (AvgIpc) is 2.90. The number of ether oxygens (including phenoxy) is 1. The summed E-state index contributed by atoms with van der Waals surface area (Å²) in [6.45, 7) is 0. The lowest BCUT2D eigenvalue weighted by Gasteiger charge is -2.05. The highest BCUT2D eigenvalue weighted by molar-refractivity contribution is 5.83. The Morgan fingerprint density at radius 1 is 1.56 bits per heavy atom. The number of methoxy groups -OCH3 is 1. The van der Waals surface area contributed by atoms with Crippen molar-refractivity contribution in [3.05, 3.63) is 12.2 Å². The Morgan fingerprint density at radius 2 is 2.38 bits per heavy atom. The number of Topliss-reactive ketones (excluding diaryl/α,β-unsaturated/α-hetero) is 1. The molecule has 2 aliphatic rings. The van der Waals surface area contributed by atoms with Crippen molar-refractivity contribution in [2.75, 3.05) is 7.11 Å². The normalized spacial score (nSPS) is 33.3. The minimum atomic E-state index is -0.289. The molecule has 0 amide bonds. The Hall–Kier alpha value is -1.12. The first-order chi connectivity index (χ1) is 7.70. The zero-order valence-corrected chi connectivity index (χ0v) is 9.65. The van der Waals surface area contributed by atoms with E-state index >= 15 is 0 Å². The summed E-state index contributed by atoms with van der Waals surface area (Å²) in [4.78, 5) is 22.3. The van der Waals surface area contributed by atoms with E-state index in [0.29, 0.717) is 23.5 Å². The van der Waals surface area contributed by atoms with E-state index in [9.17, 15) is 9.59 Å². The standard InChI is InChI=1S/C13H18O3/c1-16-13(15)6-5-9-7-11(9)8-10-3-2-4-12(10)14/h5-6,9-11H,2-4,7-8H2,1H3/b6-5+/t9-,10?,11-/m0/s1. The maximum absolute atomic E-state index is 11.5. The van der Waals surface area contributed by atoms with Crippen LogP contribution in [0, 0.1) is 17.8 Å². The molecular weight excluding hydrogens is 204 g/mol. The number of allylic oxidation sites excluding steroid dienone is 1. The molecule has 0 bridgehead atoms. The summed E-state index contributed by atoms with van der Waals surface area (Å²) in [5.41, 5.74) is 0. The van der Waals surface area contributed by atoms with E-state index in [1.807, 2.05) is 6.08 Å². The van der Waals surface area contributed by atoms with Crippen LogP contribution < -0.4 is 0 Å². The molecule has 0 saturated heterocycles. The molecule has 2 rings (SSSR count). The molecule has 2 fully saturated rings. The molecule has 0 aromatic heterocycles. The van der Waals surface area contributed by atoms with Crippen LogP contribution in [0.15, 0.2) is 12.2 Å². The molecule has 3 atom stereocenters. The molecule has 0 radical (unpaired) electrons. The SMILES string of the molecule is COC(=O)/C=C/[C@H]1C[C@H]1CC1CCCC1=O. The monoisotopic (exact) mass is 222 g/mol. The Morgan fingerprint density at radius 3 is 3.00 bits per heavy atom. The minimum Gasteiger partial charge on any atom is -0.466 e. The molecule has 0 heterocycles. The highest BCUT2D eigenvalue weighted by atomic mass is 16.5. The molecule has 3 nitrogen and oxygen atoms in total. The topological polar surface area (TPSA) is 43.4 Å². The summed E-state index contributed by atoms with van der Waals surface area (Å²) in [6.07, 6.45) is 8.49. The van der Waals surface area contributed by atoms with Gasteiger partial charge >= 0.3 is 5.97 Å². The average molecular weight is 222 g/mol. The molecule has 0 aliphatic heterocycles. The molecule has 1 unspecified atom stereocenters. The van der Waals surface area contributed by atoms with Gasteiger partial charge < -0.3 is 4.74 Å². The third kappa shape index (κ3) is 2.71. The van der Waals surface area contributed by atoms with E-state index < -0.39 is 0 Å². The van der Waals surface area contributed by atoms with Crippen LogP contribution in [0.5, 0.6) is 0 Å². The molecule has 3 heteroatoms. The Bertz CT molecular complexity index is 319. The molecular formula is C13H18O3. The van der Waals surface area contributed by atoms with E-state index in [1.54, 1.807) is 0 Å². The van der Waals surface area contributed by atoms with Gasteiger partial charge in [-0.2, -0.15) is 0 Å². The van der Waals surface area contributed by atoms with Gasteiger partial charge in [0.05, 0.1) is 7.11 Å². The molecule has 0 spiro atoms. The van der Waals surface area contributed by atoms with Gasteiger partial charge in [0.2, 0.25) is 0 Å². The lowest BCUT2D eigenvalue weighted by Crippen LogP contribution is -2.07. The molecule has 2 aliphatic carbocycles. The number of esters is 1. The van der Waals surface area contributed by atoms with Gasteiger partial charge in [-0.25, -0.2) is 4.79 Å². The van der Waals surface area contributed by atoms with Crippen LogP contribution in [0.4, 0.5) is 0 Å². The molecule has 2 saturated carbocycles. The van der Waals surface area contributed by atoms with Crippen molar-refractivity contribution in [1.29, 1.82) is 0 Å². The third-order valence-electron chi connectivity index (χ3n) is 3.68. The molecule has 0 N–H and O–H groups in total. The van der Waals surface area contributed by atoms with Crippen molar-refractivity contribution in [1.82, 2.24) is 0 Å². The number of rotatable bonds is 4. The van der Waals surface area contributed by atoms with Crippen LogP contribution in [0.3, 0.4) is 0 Å². The van der Waals surface area contributed by atoms with Crippen LogP contribution in [-0.4, -0.2) is 18.9 Å². The van der Waals surface area contributed by atoms with Gasteiger partial charge in [-0.15, -0.1) is 0 Å². The summed E-state index contributed by atoms with van der Waals surface area (Å²) in [7, 11) is 1.38. The van der Waals surface area contributed by atoms with Gasteiger partial charge in [-0.1, -0.05) is 6.08 Å².